The molecule has 0 heterocycles. The van der Waals surface area contributed by atoms with Gasteiger partial charge in [0.15, 0.2) is 0 Å². The average Bonchev–Trinajstić information content (AvgIpc) is 2.49. The molecule has 1 rings (SSSR count). The summed E-state index contributed by atoms with van der Waals surface area (Å²) in [4.78, 5) is 0. The highest BCUT2D eigenvalue weighted by molar-refractivity contribution is 5.26. The first kappa shape index (κ1) is 18.2. The van der Waals surface area contributed by atoms with E-state index in [1.807, 2.05) is 13.0 Å². The Bertz CT molecular complexity index is 403. The highest BCUT2D eigenvalue weighted by atomic mass is 19.1. The van der Waals surface area contributed by atoms with Crippen LogP contribution < -0.4 is 5.32 Å². The van der Waals surface area contributed by atoms with Gasteiger partial charge in [-0.05, 0) is 49.4 Å². The molecule has 0 radical (unpaired) electrons. The predicted molar refractivity (Wildman–Crippen MR) is 90.1 cm³/mol. The quantitative estimate of drug-likeness (QED) is 0.576. The second kappa shape index (κ2) is 9.94. The van der Waals surface area contributed by atoms with E-state index in [4.69, 9.17) is 0 Å². The molecule has 1 N–H and O–H groups in total. The number of nitrogens with one attached hydrogen (secondary N) is 1. The number of hydrogen-bond donors (Lipinski definition) is 1. The highest BCUT2D eigenvalue weighted by Gasteiger charge is 2.17. The van der Waals surface area contributed by atoms with E-state index in [2.05, 4.69) is 32.2 Å². The van der Waals surface area contributed by atoms with Crippen molar-refractivity contribution in [2.45, 2.75) is 72.3 Å². The zero-order chi connectivity index (χ0) is 15.7. The Morgan fingerprint density at radius 1 is 1.14 bits per heavy atom. The summed E-state index contributed by atoms with van der Waals surface area (Å²) in [5.41, 5.74) is 1.83. The van der Waals surface area contributed by atoms with E-state index in [1.54, 1.807) is 6.07 Å². The minimum absolute atomic E-state index is 0.0857. The summed E-state index contributed by atoms with van der Waals surface area (Å²) in [6.07, 6.45) is 7.25. The van der Waals surface area contributed by atoms with Crippen LogP contribution in [-0.2, 0) is 0 Å². The topological polar surface area (TPSA) is 12.0 Å². The molecule has 0 spiro atoms. The molecule has 0 fully saturated rings. The Morgan fingerprint density at radius 3 is 2.48 bits per heavy atom. The van der Waals surface area contributed by atoms with Gasteiger partial charge in [-0.2, -0.15) is 0 Å². The van der Waals surface area contributed by atoms with Crippen LogP contribution in [0, 0.1) is 18.7 Å². The molecular formula is C19H32FN. The lowest BCUT2D eigenvalue weighted by Gasteiger charge is -2.24. The Morgan fingerprint density at radius 2 is 1.90 bits per heavy atom. The van der Waals surface area contributed by atoms with Gasteiger partial charge in [-0.15, -0.1) is 0 Å². The lowest BCUT2D eigenvalue weighted by Crippen LogP contribution is -2.24. The smallest absolute Gasteiger partial charge is 0.126 e. The Hall–Kier alpha value is -0.890. The molecule has 0 saturated heterocycles. The summed E-state index contributed by atoms with van der Waals surface area (Å²) in [6, 6.07) is 5.98. The molecule has 0 aliphatic rings. The molecule has 2 heteroatoms. The van der Waals surface area contributed by atoms with Crippen molar-refractivity contribution in [3.05, 3.63) is 35.1 Å². The molecule has 0 amide bonds. The van der Waals surface area contributed by atoms with Crippen molar-refractivity contribution in [2.75, 3.05) is 6.54 Å². The molecular weight excluding hydrogens is 261 g/mol. The van der Waals surface area contributed by atoms with Crippen molar-refractivity contribution in [3.8, 4) is 0 Å². The summed E-state index contributed by atoms with van der Waals surface area (Å²) >= 11 is 0. The standard InChI is InChI=1S/C19H32FN/c1-5-8-9-16(7-3)13-19(21-12-6-2)17-11-10-15(4)18(20)14-17/h10-11,14,16,19,21H,5-9,12-13H2,1-4H3. The molecule has 120 valence electrons. The van der Waals surface area contributed by atoms with Gasteiger partial charge in [0.1, 0.15) is 5.82 Å². The van der Waals surface area contributed by atoms with E-state index in [-0.39, 0.29) is 11.9 Å². The molecule has 2 atom stereocenters. The van der Waals surface area contributed by atoms with Crippen molar-refractivity contribution in [1.82, 2.24) is 5.32 Å². The van der Waals surface area contributed by atoms with Gasteiger partial charge in [-0.25, -0.2) is 4.39 Å². The lowest BCUT2D eigenvalue weighted by molar-refractivity contribution is 0.353. The van der Waals surface area contributed by atoms with Crippen molar-refractivity contribution < 1.29 is 4.39 Å². The summed E-state index contributed by atoms with van der Waals surface area (Å²) in [5, 5.41) is 3.61. The number of halogens is 1. The second-order valence-electron chi connectivity index (χ2n) is 6.17. The molecule has 1 aromatic carbocycles. The molecule has 2 unspecified atom stereocenters. The van der Waals surface area contributed by atoms with Crippen LogP contribution in [-0.4, -0.2) is 6.54 Å². The van der Waals surface area contributed by atoms with Crippen LogP contribution in [0.3, 0.4) is 0 Å². The van der Waals surface area contributed by atoms with E-state index in [9.17, 15) is 4.39 Å². The fourth-order valence-corrected chi connectivity index (χ4v) is 2.80. The van der Waals surface area contributed by atoms with E-state index >= 15 is 0 Å². The first-order valence-electron chi connectivity index (χ1n) is 8.61. The van der Waals surface area contributed by atoms with Crippen molar-refractivity contribution in [2.24, 2.45) is 5.92 Å². The molecule has 0 aliphatic heterocycles. The molecule has 1 nitrogen and oxygen atoms in total. The Labute approximate surface area is 130 Å². The third kappa shape index (κ3) is 6.17. The maximum atomic E-state index is 13.9. The second-order valence-corrected chi connectivity index (χ2v) is 6.17. The fraction of sp³-hybridized carbons (Fsp3) is 0.684. The Kier molecular flexibility index (Phi) is 8.60. The van der Waals surface area contributed by atoms with Gasteiger partial charge in [0.05, 0.1) is 0 Å². The first-order chi connectivity index (χ1) is 10.1. The summed E-state index contributed by atoms with van der Waals surface area (Å²) < 4.78 is 13.9. The van der Waals surface area contributed by atoms with Crippen molar-refractivity contribution >= 4 is 0 Å². The van der Waals surface area contributed by atoms with Gasteiger partial charge >= 0.3 is 0 Å². The van der Waals surface area contributed by atoms with E-state index in [0.29, 0.717) is 0 Å². The molecule has 1 aromatic rings. The number of benzene rings is 1. The number of rotatable bonds is 10. The van der Waals surface area contributed by atoms with Crippen LogP contribution in [0.25, 0.3) is 0 Å². The van der Waals surface area contributed by atoms with Gasteiger partial charge in [0.2, 0.25) is 0 Å². The summed E-state index contributed by atoms with van der Waals surface area (Å²) in [7, 11) is 0. The molecule has 0 saturated carbocycles. The zero-order valence-corrected chi connectivity index (χ0v) is 14.2. The predicted octanol–water partition coefficient (Wildman–Crippen LogP) is 5.78. The van der Waals surface area contributed by atoms with Crippen LogP contribution in [0.4, 0.5) is 4.39 Å². The van der Waals surface area contributed by atoms with Crippen LogP contribution in [0.5, 0.6) is 0 Å². The molecule has 0 aliphatic carbocycles. The molecule has 21 heavy (non-hydrogen) atoms. The monoisotopic (exact) mass is 293 g/mol. The number of unbranched alkanes of at least 4 members (excludes halogenated alkanes) is 1. The zero-order valence-electron chi connectivity index (χ0n) is 14.2. The van der Waals surface area contributed by atoms with Crippen LogP contribution in [0.2, 0.25) is 0 Å². The molecule has 0 bridgehead atoms. The van der Waals surface area contributed by atoms with Crippen LogP contribution in [0.15, 0.2) is 18.2 Å². The third-order valence-electron chi connectivity index (χ3n) is 4.35. The van der Waals surface area contributed by atoms with E-state index < -0.39 is 0 Å². The maximum absolute atomic E-state index is 13.9. The minimum atomic E-state index is -0.0857. The fourth-order valence-electron chi connectivity index (χ4n) is 2.80. The van der Waals surface area contributed by atoms with E-state index in [0.717, 1.165) is 36.4 Å². The van der Waals surface area contributed by atoms with Crippen LogP contribution in [0.1, 0.15) is 76.5 Å². The van der Waals surface area contributed by atoms with Gasteiger partial charge in [0, 0.05) is 6.04 Å². The molecule has 0 aromatic heterocycles. The van der Waals surface area contributed by atoms with Gasteiger partial charge in [0.25, 0.3) is 0 Å². The maximum Gasteiger partial charge on any atom is 0.126 e. The summed E-state index contributed by atoms with van der Waals surface area (Å²) in [5.74, 6) is 0.640. The van der Waals surface area contributed by atoms with Crippen LogP contribution >= 0.6 is 0 Å². The highest BCUT2D eigenvalue weighted by Crippen LogP contribution is 2.27. The van der Waals surface area contributed by atoms with Gasteiger partial charge < -0.3 is 5.32 Å². The van der Waals surface area contributed by atoms with Gasteiger partial charge in [-0.3, -0.25) is 0 Å². The third-order valence-corrected chi connectivity index (χ3v) is 4.35. The number of aryl methyl sites for hydroxylation is 1. The SMILES string of the molecule is CCCCC(CC)CC(NCCC)c1ccc(C)c(F)c1. The van der Waals surface area contributed by atoms with Gasteiger partial charge in [-0.1, -0.05) is 58.6 Å². The first-order valence-corrected chi connectivity index (χ1v) is 8.61. The lowest BCUT2D eigenvalue weighted by atomic mass is 9.89. The minimum Gasteiger partial charge on any atom is -0.310 e. The van der Waals surface area contributed by atoms with E-state index in [1.165, 1.54) is 25.7 Å². The Balaban J connectivity index is 2.80. The summed E-state index contributed by atoms with van der Waals surface area (Å²) in [6.45, 7) is 9.50. The van der Waals surface area contributed by atoms with Crippen molar-refractivity contribution in [3.63, 3.8) is 0 Å². The van der Waals surface area contributed by atoms with Crippen molar-refractivity contribution in [1.29, 1.82) is 0 Å². The number of hydrogen-bond acceptors (Lipinski definition) is 1. The largest absolute Gasteiger partial charge is 0.310 e. The normalized spacial score (nSPS) is 14.1. The average molecular weight is 293 g/mol.